The molecule has 0 bridgehead atoms. The highest BCUT2D eigenvalue weighted by Crippen LogP contribution is 2.40. The fraction of sp³-hybridized carbons (Fsp3) is 0.526. The van der Waals surface area contributed by atoms with Gasteiger partial charge in [-0.2, -0.15) is 5.10 Å². The van der Waals surface area contributed by atoms with Gasteiger partial charge in [-0.25, -0.2) is 4.68 Å². The van der Waals surface area contributed by atoms with Crippen LogP contribution in [0.4, 0.5) is 5.82 Å². The zero-order valence-corrected chi connectivity index (χ0v) is 18.3. The largest absolute Gasteiger partial charge is 0.542 e. The molecule has 0 aliphatic carbocycles. The fourth-order valence-electron chi connectivity index (χ4n) is 2.10. The Hall–Kier alpha value is -1.46. The smallest absolute Gasteiger partial charge is 0.250 e. The number of aromatic nitrogens is 2. The number of benzene rings is 1. The Morgan fingerprint density at radius 1 is 1.08 bits per heavy atom. The molecule has 138 valence electrons. The van der Waals surface area contributed by atoms with Crippen LogP contribution in [-0.4, -0.2) is 18.1 Å². The van der Waals surface area contributed by atoms with Crippen molar-refractivity contribution in [2.24, 2.45) is 0 Å². The minimum Gasteiger partial charge on any atom is -0.542 e. The number of hydrogen-bond donors (Lipinski definition) is 1. The number of hydrogen-bond acceptors (Lipinski definition) is 3. The standard InChI is InChI=1S/C19H30ClN3OSi/c1-18(2,3)16-12-17(21)23(22-16)13-9-10-14(20)15(11-13)24-25(7,8)19(4,5)6/h9-12H,21H2,1-8H3. The SMILES string of the molecule is CC(C)(C)c1cc(N)n(-c2ccc(Cl)c(O[Si](C)(C)C(C)(C)C)c2)n1. The van der Waals surface area contributed by atoms with Gasteiger partial charge in [-0.3, -0.25) is 0 Å². The Morgan fingerprint density at radius 2 is 1.68 bits per heavy atom. The molecule has 2 aromatic rings. The van der Waals surface area contributed by atoms with Gasteiger partial charge in [0.1, 0.15) is 11.6 Å². The van der Waals surface area contributed by atoms with Gasteiger partial charge in [-0.15, -0.1) is 0 Å². The molecule has 4 nitrogen and oxygen atoms in total. The fourth-order valence-corrected chi connectivity index (χ4v) is 3.34. The lowest BCUT2D eigenvalue weighted by molar-refractivity contribution is 0.492. The molecule has 2 rings (SSSR count). The monoisotopic (exact) mass is 379 g/mol. The van der Waals surface area contributed by atoms with Crippen LogP contribution in [-0.2, 0) is 5.41 Å². The number of rotatable bonds is 3. The summed E-state index contributed by atoms with van der Waals surface area (Å²) in [5.41, 5.74) is 7.93. The van der Waals surface area contributed by atoms with Crippen LogP contribution in [0.3, 0.4) is 0 Å². The number of nitrogens with zero attached hydrogens (tertiary/aromatic N) is 2. The van der Waals surface area contributed by atoms with Crippen LogP contribution in [0.25, 0.3) is 5.69 Å². The van der Waals surface area contributed by atoms with Crippen LogP contribution >= 0.6 is 11.6 Å². The van der Waals surface area contributed by atoms with Crippen LogP contribution < -0.4 is 10.2 Å². The zero-order valence-electron chi connectivity index (χ0n) is 16.6. The second kappa shape index (κ2) is 6.36. The van der Waals surface area contributed by atoms with Crippen molar-refractivity contribution in [3.05, 3.63) is 35.0 Å². The molecule has 0 aliphatic heterocycles. The van der Waals surface area contributed by atoms with Crippen LogP contribution in [0, 0.1) is 0 Å². The van der Waals surface area contributed by atoms with E-state index < -0.39 is 8.32 Å². The summed E-state index contributed by atoms with van der Waals surface area (Å²) in [5, 5.41) is 5.37. The number of halogens is 1. The molecule has 0 radical (unpaired) electrons. The lowest BCUT2D eigenvalue weighted by Crippen LogP contribution is -2.43. The highest BCUT2D eigenvalue weighted by atomic mass is 35.5. The lowest BCUT2D eigenvalue weighted by Gasteiger charge is -2.36. The maximum Gasteiger partial charge on any atom is 0.250 e. The van der Waals surface area contributed by atoms with Crippen molar-refractivity contribution >= 4 is 25.7 Å². The zero-order chi connectivity index (χ0) is 19.2. The van der Waals surface area contributed by atoms with Crippen molar-refractivity contribution in [2.75, 3.05) is 5.73 Å². The molecular formula is C19H30ClN3OSi. The van der Waals surface area contributed by atoms with Gasteiger partial charge in [0.2, 0.25) is 0 Å². The molecule has 1 aromatic carbocycles. The summed E-state index contributed by atoms with van der Waals surface area (Å²) < 4.78 is 8.14. The van der Waals surface area contributed by atoms with E-state index in [-0.39, 0.29) is 10.5 Å². The summed E-state index contributed by atoms with van der Waals surface area (Å²) in [5.74, 6) is 1.29. The van der Waals surface area contributed by atoms with Crippen molar-refractivity contribution in [2.45, 2.75) is 65.1 Å². The molecule has 0 atom stereocenters. The quantitative estimate of drug-likeness (QED) is 0.686. The second-order valence-corrected chi connectivity index (χ2v) is 14.2. The number of anilines is 1. The average Bonchev–Trinajstić information content (AvgIpc) is 2.82. The van der Waals surface area contributed by atoms with Crippen molar-refractivity contribution in [1.29, 1.82) is 0 Å². The summed E-state index contributed by atoms with van der Waals surface area (Å²) in [6.45, 7) is 17.4. The number of nitrogen functional groups attached to an aromatic ring is 1. The number of nitrogens with two attached hydrogens (primary N) is 1. The maximum atomic E-state index is 6.40. The molecular weight excluding hydrogens is 350 g/mol. The van der Waals surface area contributed by atoms with E-state index in [2.05, 4.69) is 59.7 Å². The second-order valence-electron chi connectivity index (χ2n) is 9.09. The van der Waals surface area contributed by atoms with Gasteiger partial charge in [0.25, 0.3) is 8.32 Å². The normalized spacial score (nSPS) is 13.2. The molecule has 6 heteroatoms. The first kappa shape index (κ1) is 19.9. The summed E-state index contributed by atoms with van der Waals surface area (Å²) in [7, 11) is -1.98. The predicted molar refractivity (Wildman–Crippen MR) is 110 cm³/mol. The Kier molecular flexibility index (Phi) is 5.05. The van der Waals surface area contributed by atoms with E-state index in [1.807, 2.05) is 24.3 Å². The summed E-state index contributed by atoms with van der Waals surface area (Å²) in [4.78, 5) is 0. The molecule has 25 heavy (non-hydrogen) atoms. The summed E-state index contributed by atoms with van der Waals surface area (Å²) >= 11 is 6.39. The van der Waals surface area contributed by atoms with Gasteiger partial charge < -0.3 is 10.2 Å². The molecule has 0 unspecified atom stereocenters. The van der Waals surface area contributed by atoms with Gasteiger partial charge in [0.05, 0.1) is 16.4 Å². The van der Waals surface area contributed by atoms with E-state index in [1.54, 1.807) is 4.68 Å². The van der Waals surface area contributed by atoms with Crippen LogP contribution in [0.15, 0.2) is 24.3 Å². The highest BCUT2D eigenvalue weighted by molar-refractivity contribution is 6.74. The lowest BCUT2D eigenvalue weighted by atomic mass is 9.92. The minimum atomic E-state index is -1.98. The van der Waals surface area contributed by atoms with Crippen LogP contribution in [0.1, 0.15) is 47.2 Å². The van der Waals surface area contributed by atoms with Gasteiger partial charge >= 0.3 is 0 Å². The molecule has 0 amide bonds. The van der Waals surface area contributed by atoms with Crippen molar-refractivity contribution in [3.8, 4) is 11.4 Å². The Morgan fingerprint density at radius 3 is 2.16 bits per heavy atom. The first-order chi connectivity index (χ1) is 11.2. The van der Waals surface area contributed by atoms with Gasteiger partial charge in [-0.05, 0) is 30.3 Å². The summed E-state index contributed by atoms with van der Waals surface area (Å²) in [6, 6.07) is 7.61. The first-order valence-electron chi connectivity index (χ1n) is 8.57. The molecule has 2 N–H and O–H groups in total. The highest BCUT2D eigenvalue weighted by Gasteiger charge is 2.39. The third-order valence-electron chi connectivity index (χ3n) is 4.84. The van der Waals surface area contributed by atoms with E-state index in [9.17, 15) is 0 Å². The van der Waals surface area contributed by atoms with Crippen molar-refractivity contribution < 1.29 is 4.43 Å². The minimum absolute atomic E-state index is 0.0632. The van der Waals surface area contributed by atoms with Gasteiger partial charge in [0.15, 0.2) is 0 Å². The van der Waals surface area contributed by atoms with E-state index in [1.165, 1.54) is 0 Å². The van der Waals surface area contributed by atoms with Crippen molar-refractivity contribution in [3.63, 3.8) is 0 Å². The third-order valence-corrected chi connectivity index (χ3v) is 9.49. The molecule has 0 saturated heterocycles. The Labute approximate surface area is 157 Å². The Balaban J connectivity index is 2.45. The third kappa shape index (κ3) is 4.21. The molecule has 0 aliphatic rings. The molecule has 1 aromatic heterocycles. The van der Waals surface area contributed by atoms with Gasteiger partial charge in [0, 0.05) is 17.5 Å². The van der Waals surface area contributed by atoms with E-state index in [0.717, 1.165) is 11.4 Å². The van der Waals surface area contributed by atoms with Crippen molar-refractivity contribution in [1.82, 2.24) is 9.78 Å². The predicted octanol–water partition coefficient (Wildman–Crippen LogP) is 5.79. The molecule has 0 saturated carbocycles. The molecule has 0 fully saturated rings. The summed E-state index contributed by atoms with van der Waals surface area (Å²) in [6.07, 6.45) is 0. The van der Waals surface area contributed by atoms with Crippen LogP contribution in [0.2, 0.25) is 23.2 Å². The molecule has 0 spiro atoms. The van der Waals surface area contributed by atoms with E-state index in [4.69, 9.17) is 21.8 Å². The molecule has 1 heterocycles. The van der Waals surface area contributed by atoms with E-state index >= 15 is 0 Å². The average molecular weight is 380 g/mol. The topological polar surface area (TPSA) is 53.1 Å². The van der Waals surface area contributed by atoms with Crippen LogP contribution in [0.5, 0.6) is 5.75 Å². The maximum absolute atomic E-state index is 6.40. The van der Waals surface area contributed by atoms with E-state index in [0.29, 0.717) is 16.6 Å². The first-order valence-corrected chi connectivity index (χ1v) is 11.9. The van der Waals surface area contributed by atoms with Gasteiger partial charge in [-0.1, -0.05) is 53.1 Å². The Bertz CT molecular complexity index is 770.